The zero-order chi connectivity index (χ0) is 25.1. The number of hydrogen-bond acceptors (Lipinski definition) is 5. The van der Waals surface area contributed by atoms with Crippen molar-refractivity contribution >= 4 is 46.0 Å². The van der Waals surface area contributed by atoms with E-state index in [1.54, 1.807) is 18.3 Å². The number of aromatic nitrogens is 1. The standard InChI is InChI=1S/C28H26ClFN4OS/c1-19-16-21(8-10-25(19)32-36-26-6-2-4-20-5-3-11-31-27(20)26)28(35)34-14-12-33(13-15-34)18-22-7-9-23(29)17-24(22)30/h2-11,16-17,32H,12-15,18H2,1H3. The van der Waals surface area contributed by atoms with Crippen molar-refractivity contribution in [2.45, 2.75) is 18.4 Å². The van der Waals surface area contributed by atoms with E-state index in [9.17, 15) is 9.18 Å². The molecule has 184 valence electrons. The molecule has 0 unspecified atom stereocenters. The Morgan fingerprint density at radius 1 is 1.06 bits per heavy atom. The van der Waals surface area contributed by atoms with Gasteiger partial charge in [-0.2, -0.15) is 0 Å². The number of amides is 1. The molecule has 0 bridgehead atoms. The van der Waals surface area contributed by atoms with E-state index in [1.807, 2.05) is 60.4 Å². The van der Waals surface area contributed by atoms with Crippen LogP contribution in [0, 0.1) is 12.7 Å². The van der Waals surface area contributed by atoms with Gasteiger partial charge >= 0.3 is 0 Å². The number of aryl methyl sites for hydroxylation is 1. The Hall–Kier alpha value is -3.13. The molecule has 1 amide bonds. The predicted octanol–water partition coefficient (Wildman–Crippen LogP) is 6.41. The second kappa shape index (κ2) is 10.9. The van der Waals surface area contributed by atoms with Gasteiger partial charge in [-0.1, -0.05) is 35.9 Å². The topological polar surface area (TPSA) is 48.5 Å². The molecule has 4 aromatic rings. The van der Waals surface area contributed by atoms with Crippen LogP contribution in [-0.2, 0) is 6.54 Å². The van der Waals surface area contributed by atoms with Crippen molar-refractivity contribution in [2.24, 2.45) is 0 Å². The summed E-state index contributed by atoms with van der Waals surface area (Å²) in [6.07, 6.45) is 1.80. The van der Waals surface area contributed by atoms with Gasteiger partial charge in [-0.15, -0.1) is 0 Å². The fraction of sp³-hybridized carbons (Fsp3) is 0.214. The largest absolute Gasteiger partial charge is 0.336 e. The van der Waals surface area contributed by atoms with Crippen LogP contribution >= 0.6 is 23.5 Å². The number of para-hydroxylation sites is 1. The first-order valence-corrected chi connectivity index (χ1v) is 13.0. The lowest BCUT2D eigenvalue weighted by Crippen LogP contribution is -2.48. The fourth-order valence-electron chi connectivity index (χ4n) is 4.36. The van der Waals surface area contributed by atoms with Crippen LogP contribution in [0.3, 0.4) is 0 Å². The molecule has 1 saturated heterocycles. The maximum atomic E-state index is 14.1. The lowest BCUT2D eigenvalue weighted by molar-refractivity contribution is 0.0627. The van der Waals surface area contributed by atoms with Crippen molar-refractivity contribution in [1.29, 1.82) is 0 Å². The molecule has 2 heterocycles. The van der Waals surface area contributed by atoms with E-state index in [0.29, 0.717) is 48.9 Å². The highest BCUT2D eigenvalue weighted by molar-refractivity contribution is 8.00. The highest BCUT2D eigenvalue weighted by Crippen LogP contribution is 2.29. The molecule has 0 atom stereocenters. The van der Waals surface area contributed by atoms with Gasteiger partial charge in [0.05, 0.1) is 10.4 Å². The summed E-state index contributed by atoms with van der Waals surface area (Å²) in [7, 11) is 0. The van der Waals surface area contributed by atoms with Gasteiger partial charge < -0.3 is 9.62 Å². The van der Waals surface area contributed by atoms with Crippen LogP contribution in [0.1, 0.15) is 21.5 Å². The Morgan fingerprint density at radius 2 is 1.86 bits per heavy atom. The maximum absolute atomic E-state index is 14.1. The van der Waals surface area contributed by atoms with Gasteiger partial charge in [0.1, 0.15) is 5.82 Å². The third-order valence-electron chi connectivity index (χ3n) is 6.41. The molecule has 0 saturated carbocycles. The molecule has 1 aromatic heterocycles. The Kier molecular flexibility index (Phi) is 7.41. The van der Waals surface area contributed by atoms with Crippen LogP contribution in [-0.4, -0.2) is 46.9 Å². The number of carbonyl (C=O) groups is 1. The Labute approximate surface area is 219 Å². The zero-order valence-electron chi connectivity index (χ0n) is 19.9. The molecule has 1 aliphatic rings. The molecule has 0 spiro atoms. The number of anilines is 1. The van der Waals surface area contributed by atoms with E-state index < -0.39 is 0 Å². The van der Waals surface area contributed by atoms with Gasteiger partial charge in [-0.3, -0.25) is 14.7 Å². The average molecular weight is 521 g/mol. The fourth-order valence-corrected chi connectivity index (χ4v) is 5.38. The molecule has 0 radical (unpaired) electrons. The Bertz CT molecular complexity index is 1400. The van der Waals surface area contributed by atoms with Crippen LogP contribution in [0.25, 0.3) is 10.9 Å². The summed E-state index contributed by atoms with van der Waals surface area (Å²) in [6, 6.07) is 20.6. The van der Waals surface area contributed by atoms with E-state index in [1.165, 1.54) is 18.0 Å². The first-order valence-electron chi connectivity index (χ1n) is 11.8. The monoisotopic (exact) mass is 520 g/mol. The van der Waals surface area contributed by atoms with Crippen molar-refractivity contribution in [3.05, 3.63) is 100 Å². The zero-order valence-corrected chi connectivity index (χ0v) is 21.5. The van der Waals surface area contributed by atoms with Crippen LogP contribution in [0.2, 0.25) is 5.02 Å². The van der Waals surface area contributed by atoms with E-state index in [-0.39, 0.29) is 11.7 Å². The summed E-state index contributed by atoms with van der Waals surface area (Å²) >= 11 is 7.37. The first-order chi connectivity index (χ1) is 17.5. The maximum Gasteiger partial charge on any atom is 0.253 e. The van der Waals surface area contributed by atoms with Crippen molar-refractivity contribution in [1.82, 2.24) is 14.8 Å². The average Bonchev–Trinajstić information content (AvgIpc) is 2.89. The smallest absolute Gasteiger partial charge is 0.253 e. The third kappa shape index (κ3) is 5.48. The van der Waals surface area contributed by atoms with Gasteiger partial charge in [0, 0.05) is 66.1 Å². The number of pyridine rings is 1. The molecular weight excluding hydrogens is 495 g/mol. The summed E-state index contributed by atoms with van der Waals surface area (Å²) in [6.45, 7) is 5.12. The number of piperazine rings is 1. The molecule has 1 N–H and O–H groups in total. The quantitative estimate of drug-likeness (QED) is 0.297. The minimum absolute atomic E-state index is 0.0212. The van der Waals surface area contributed by atoms with Crippen molar-refractivity contribution < 1.29 is 9.18 Å². The minimum atomic E-state index is -0.292. The van der Waals surface area contributed by atoms with Gasteiger partial charge in [0.2, 0.25) is 0 Å². The summed E-state index contributed by atoms with van der Waals surface area (Å²) in [5.41, 5.74) is 4.21. The molecular formula is C28H26ClFN4OS. The molecule has 5 nitrogen and oxygen atoms in total. The summed E-state index contributed by atoms with van der Waals surface area (Å²) in [4.78, 5) is 22.7. The lowest BCUT2D eigenvalue weighted by Gasteiger charge is -2.35. The number of hydrogen-bond donors (Lipinski definition) is 1. The van der Waals surface area contributed by atoms with Gasteiger partial charge in [-0.05, 0) is 66.9 Å². The highest BCUT2D eigenvalue weighted by atomic mass is 35.5. The number of benzene rings is 3. The number of nitrogens with zero attached hydrogens (tertiary/aromatic N) is 3. The molecule has 1 aliphatic heterocycles. The van der Waals surface area contributed by atoms with Crippen molar-refractivity contribution in [3.8, 4) is 0 Å². The number of rotatable bonds is 6. The van der Waals surface area contributed by atoms with Gasteiger partial charge in [0.15, 0.2) is 0 Å². The van der Waals surface area contributed by atoms with E-state index in [4.69, 9.17) is 11.6 Å². The molecule has 36 heavy (non-hydrogen) atoms. The van der Waals surface area contributed by atoms with Crippen molar-refractivity contribution in [3.63, 3.8) is 0 Å². The number of nitrogens with one attached hydrogen (secondary N) is 1. The summed E-state index contributed by atoms with van der Waals surface area (Å²) in [5.74, 6) is -0.270. The number of carbonyl (C=O) groups excluding carboxylic acids is 1. The second-order valence-electron chi connectivity index (χ2n) is 8.87. The minimum Gasteiger partial charge on any atom is -0.336 e. The van der Waals surface area contributed by atoms with E-state index >= 15 is 0 Å². The second-order valence-corrected chi connectivity index (χ2v) is 10.2. The van der Waals surface area contributed by atoms with Crippen LogP contribution in [0.5, 0.6) is 0 Å². The van der Waals surface area contributed by atoms with Gasteiger partial charge in [-0.25, -0.2) is 4.39 Å². The summed E-state index contributed by atoms with van der Waals surface area (Å²) < 4.78 is 17.5. The lowest BCUT2D eigenvalue weighted by atomic mass is 10.1. The van der Waals surface area contributed by atoms with Crippen LogP contribution in [0.4, 0.5) is 10.1 Å². The molecule has 8 heteroatoms. The van der Waals surface area contributed by atoms with E-state index in [0.717, 1.165) is 27.0 Å². The Balaban J connectivity index is 1.18. The van der Waals surface area contributed by atoms with Gasteiger partial charge in [0.25, 0.3) is 5.91 Å². The SMILES string of the molecule is Cc1cc(C(=O)N2CCN(Cc3ccc(Cl)cc3F)CC2)ccc1NSc1cccc2cccnc12. The number of halogens is 2. The molecule has 1 fully saturated rings. The Morgan fingerprint density at radius 3 is 2.64 bits per heavy atom. The molecule has 3 aromatic carbocycles. The number of fused-ring (bicyclic) bond motifs is 1. The van der Waals surface area contributed by atoms with Crippen LogP contribution < -0.4 is 4.72 Å². The molecule has 0 aliphatic carbocycles. The third-order valence-corrected chi connectivity index (χ3v) is 7.51. The summed E-state index contributed by atoms with van der Waals surface area (Å²) in [5, 5.41) is 1.49. The predicted molar refractivity (Wildman–Crippen MR) is 145 cm³/mol. The highest BCUT2D eigenvalue weighted by Gasteiger charge is 2.23. The van der Waals surface area contributed by atoms with E-state index in [2.05, 4.69) is 14.6 Å². The molecule has 5 rings (SSSR count). The normalized spacial score (nSPS) is 14.2. The van der Waals surface area contributed by atoms with Crippen molar-refractivity contribution in [2.75, 3.05) is 30.9 Å². The van der Waals surface area contributed by atoms with Crippen LogP contribution in [0.15, 0.2) is 77.8 Å². The first kappa shape index (κ1) is 24.6.